The normalized spacial score (nSPS) is 19.9. The maximum Gasteiger partial charge on any atom is 0.255 e. The van der Waals surface area contributed by atoms with Gasteiger partial charge in [-0.3, -0.25) is 34.2 Å². The first-order chi connectivity index (χ1) is 31.5. The first-order valence-electron chi connectivity index (χ1n) is 23.9. The Hall–Kier alpha value is -5.42. The second-order valence-corrected chi connectivity index (χ2v) is 19.8. The van der Waals surface area contributed by atoms with Crippen LogP contribution in [0.3, 0.4) is 0 Å². The quantitative estimate of drug-likeness (QED) is 0.118. The first-order valence-corrected chi connectivity index (χ1v) is 23.9. The molecule has 1 aromatic heterocycles. The Labute approximate surface area is 404 Å². The molecule has 6 heterocycles. The smallest absolute Gasteiger partial charge is 0.255 e. The van der Waals surface area contributed by atoms with Crippen molar-refractivity contribution in [2.24, 2.45) is 10.8 Å². The Balaban J connectivity index is 0.000000304. The molecule has 5 aliphatic heterocycles. The van der Waals surface area contributed by atoms with E-state index in [1.165, 1.54) is 18.4 Å². The lowest BCUT2D eigenvalue weighted by Gasteiger charge is -2.48. The van der Waals surface area contributed by atoms with E-state index >= 15 is 0 Å². The Morgan fingerprint density at radius 1 is 0.866 bits per heavy atom. The number of imide groups is 1. The fourth-order valence-electron chi connectivity index (χ4n) is 9.19. The standard InChI is InChI=1S/C34H52N8O2.C14H15N3O3.C2H6.H2S/c1-32(2,3)31(44)36-16-6-15-35-28-21-29(38-25-37-28)41-19-13-34(14-20-41)24-42(23-30(43)39-34)27-9-7-26(8-10-27)22-40-17-11-33(4,5)12-18-40;1-15-10-4-2-3-8-9(10)7-17(14(8)20)11-5-6-12(18)16-13(11)19;1-2;/h7-10,21,25H,6,11-20,22-24H2,1-5H3,(H,36,44)(H,39,43)(H,35,37,38);2-4,11,15H,5-7H2,1H3,(H,16,18,19);1-2H3;1H2. The van der Waals surface area contributed by atoms with E-state index in [2.05, 4.69) is 89.4 Å². The molecule has 8 rings (SSSR count). The van der Waals surface area contributed by atoms with Crippen molar-refractivity contribution >= 4 is 66.0 Å². The average Bonchev–Trinajstić information content (AvgIpc) is 3.63. The Morgan fingerprint density at radius 3 is 2.22 bits per heavy atom. The summed E-state index contributed by atoms with van der Waals surface area (Å²) in [6, 6.07) is 15.8. The summed E-state index contributed by atoms with van der Waals surface area (Å²) >= 11 is 0. The van der Waals surface area contributed by atoms with Gasteiger partial charge in [0.25, 0.3) is 5.91 Å². The van der Waals surface area contributed by atoms with Crippen LogP contribution in [0.25, 0.3) is 0 Å². The number of benzene rings is 2. The van der Waals surface area contributed by atoms with Crippen LogP contribution in [0.15, 0.2) is 54.9 Å². The summed E-state index contributed by atoms with van der Waals surface area (Å²) in [4.78, 5) is 78.0. The molecule has 5 amide bonds. The minimum Gasteiger partial charge on any atom is -0.388 e. The van der Waals surface area contributed by atoms with Gasteiger partial charge >= 0.3 is 0 Å². The van der Waals surface area contributed by atoms with Crippen molar-refractivity contribution in [2.45, 2.75) is 118 Å². The van der Waals surface area contributed by atoms with Gasteiger partial charge in [0.15, 0.2) is 0 Å². The number of fused-ring (bicyclic) bond motifs is 1. The maximum absolute atomic E-state index is 12.9. The van der Waals surface area contributed by atoms with Crippen LogP contribution in [0.5, 0.6) is 0 Å². The lowest BCUT2D eigenvalue weighted by molar-refractivity contribution is -0.137. The molecule has 366 valence electrons. The highest BCUT2D eigenvalue weighted by atomic mass is 32.1. The number of amides is 5. The molecular weight excluding hydrogens is 867 g/mol. The molecule has 0 saturated carbocycles. The summed E-state index contributed by atoms with van der Waals surface area (Å²) in [6.45, 7) is 22.4. The molecule has 67 heavy (non-hydrogen) atoms. The molecule has 4 fully saturated rings. The minimum absolute atomic E-state index is 0. The molecule has 0 aliphatic carbocycles. The van der Waals surface area contributed by atoms with Crippen LogP contribution in [0.4, 0.5) is 23.0 Å². The summed E-state index contributed by atoms with van der Waals surface area (Å²) in [5.41, 5.74) is 4.73. The molecule has 1 atom stereocenters. The molecule has 17 heteroatoms. The van der Waals surface area contributed by atoms with E-state index in [0.717, 1.165) is 87.1 Å². The zero-order chi connectivity index (χ0) is 47.6. The zero-order valence-corrected chi connectivity index (χ0v) is 42.0. The number of hydrogen-bond donors (Lipinski definition) is 5. The number of likely N-dealkylation sites (tertiary alicyclic amines) is 1. The molecule has 2 aromatic carbocycles. The number of rotatable bonds is 11. The van der Waals surface area contributed by atoms with Crippen LogP contribution in [0, 0.1) is 10.8 Å². The van der Waals surface area contributed by atoms with E-state index in [0.29, 0.717) is 43.6 Å². The second kappa shape index (κ2) is 23.1. The largest absolute Gasteiger partial charge is 0.388 e. The Morgan fingerprint density at radius 2 is 1.57 bits per heavy atom. The number of carbonyl (C=O) groups excluding carboxylic acids is 5. The Bertz CT molecular complexity index is 2180. The lowest BCUT2D eigenvalue weighted by atomic mass is 9.82. The number of piperazine rings is 1. The molecule has 1 unspecified atom stereocenters. The molecule has 5 N–H and O–H groups in total. The summed E-state index contributed by atoms with van der Waals surface area (Å²) < 4.78 is 0. The highest BCUT2D eigenvalue weighted by Crippen LogP contribution is 2.34. The van der Waals surface area contributed by atoms with E-state index in [4.69, 9.17) is 0 Å². The summed E-state index contributed by atoms with van der Waals surface area (Å²) in [5, 5.41) is 15.0. The summed E-state index contributed by atoms with van der Waals surface area (Å²) in [5.74, 6) is 1.03. The molecule has 3 aromatic rings. The highest BCUT2D eigenvalue weighted by Gasteiger charge is 2.42. The van der Waals surface area contributed by atoms with Gasteiger partial charge in [-0.1, -0.05) is 66.7 Å². The molecular formula is C50H75N11O5S. The van der Waals surface area contributed by atoms with Crippen LogP contribution in [-0.2, 0) is 32.3 Å². The predicted molar refractivity (Wildman–Crippen MR) is 271 cm³/mol. The van der Waals surface area contributed by atoms with Crippen molar-refractivity contribution in [3.8, 4) is 0 Å². The van der Waals surface area contributed by atoms with Gasteiger partial charge < -0.3 is 36.0 Å². The van der Waals surface area contributed by atoms with Gasteiger partial charge in [0.05, 0.1) is 12.1 Å². The fraction of sp³-hybridized carbons (Fsp3) is 0.580. The van der Waals surface area contributed by atoms with Crippen LogP contribution < -0.4 is 36.4 Å². The van der Waals surface area contributed by atoms with Gasteiger partial charge in [0.2, 0.25) is 23.6 Å². The second-order valence-electron chi connectivity index (χ2n) is 19.8. The van der Waals surface area contributed by atoms with Crippen LogP contribution in [0.1, 0.15) is 115 Å². The lowest BCUT2D eigenvalue weighted by Crippen LogP contribution is -2.66. The van der Waals surface area contributed by atoms with Gasteiger partial charge in [0, 0.05) is 93.3 Å². The van der Waals surface area contributed by atoms with Crippen molar-refractivity contribution in [1.82, 2.24) is 35.7 Å². The molecule has 4 saturated heterocycles. The van der Waals surface area contributed by atoms with Crippen molar-refractivity contribution in [3.63, 3.8) is 0 Å². The van der Waals surface area contributed by atoms with Crippen molar-refractivity contribution in [2.75, 3.05) is 79.8 Å². The number of piperidine rings is 3. The minimum atomic E-state index is -0.558. The van der Waals surface area contributed by atoms with Crippen LogP contribution >= 0.6 is 13.5 Å². The number of aromatic nitrogens is 2. The van der Waals surface area contributed by atoms with Crippen molar-refractivity contribution in [1.29, 1.82) is 0 Å². The molecule has 0 bridgehead atoms. The monoisotopic (exact) mass is 942 g/mol. The van der Waals surface area contributed by atoms with Crippen molar-refractivity contribution in [3.05, 3.63) is 71.5 Å². The summed E-state index contributed by atoms with van der Waals surface area (Å²) in [6.07, 6.45) is 7.30. The van der Waals surface area contributed by atoms with Crippen molar-refractivity contribution < 1.29 is 24.0 Å². The Kier molecular flexibility index (Phi) is 18.1. The van der Waals surface area contributed by atoms with Gasteiger partial charge in [-0.25, -0.2) is 9.97 Å². The number of anilines is 4. The van der Waals surface area contributed by atoms with Crippen LogP contribution in [0.2, 0.25) is 0 Å². The molecule has 5 aliphatic rings. The first kappa shape index (κ1) is 52.5. The molecule has 1 spiro atoms. The number of carbonyl (C=O) groups is 5. The SMILES string of the molecule is CC.CC1(C)CCN(Cc2ccc(N3CC(=O)NC4(CCN(c5cc(NCCCNC(=O)C(C)(C)C)ncn5)CC4)C3)cc2)CC1.CNc1cccc2c1CN(C1CCC(=O)NC1=O)C2=O.S. The highest BCUT2D eigenvalue weighted by molar-refractivity contribution is 7.59. The zero-order valence-electron chi connectivity index (χ0n) is 41.0. The van der Waals surface area contributed by atoms with E-state index in [1.54, 1.807) is 24.3 Å². The number of nitrogens with zero attached hydrogens (tertiary/aromatic N) is 6. The van der Waals surface area contributed by atoms with E-state index in [-0.39, 0.29) is 60.4 Å². The van der Waals surface area contributed by atoms with Gasteiger partial charge in [-0.2, -0.15) is 13.5 Å². The van der Waals surface area contributed by atoms with Crippen LogP contribution in [-0.4, -0.2) is 120 Å². The third kappa shape index (κ3) is 13.6. The fourth-order valence-corrected chi connectivity index (χ4v) is 9.19. The third-order valence-electron chi connectivity index (χ3n) is 13.3. The maximum atomic E-state index is 12.9. The van der Waals surface area contributed by atoms with Gasteiger partial charge in [-0.15, -0.1) is 0 Å². The average molecular weight is 942 g/mol. The predicted octanol–water partition coefficient (Wildman–Crippen LogP) is 5.67. The van der Waals surface area contributed by atoms with Gasteiger partial charge in [-0.05, 0) is 86.9 Å². The summed E-state index contributed by atoms with van der Waals surface area (Å²) in [7, 11) is 1.80. The topological polar surface area (TPSA) is 184 Å². The van der Waals surface area contributed by atoms with Gasteiger partial charge in [0.1, 0.15) is 24.0 Å². The molecule has 0 radical (unpaired) electrons. The van der Waals surface area contributed by atoms with E-state index < -0.39 is 6.04 Å². The molecule has 16 nitrogen and oxygen atoms in total. The number of hydrogen-bond acceptors (Lipinski definition) is 12. The third-order valence-corrected chi connectivity index (χ3v) is 13.3. The van der Waals surface area contributed by atoms with E-state index in [1.807, 2.05) is 52.8 Å². The van der Waals surface area contributed by atoms with E-state index in [9.17, 15) is 24.0 Å². The number of nitrogens with one attached hydrogen (secondary N) is 5.